The van der Waals surface area contributed by atoms with Crippen LogP contribution in [0.3, 0.4) is 0 Å². The summed E-state index contributed by atoms with van der Waals surface area (Å²) in [7, 11) is -3.38. The Morgan fingerprint density at radius 1 is 0.926 bits per heavy atom. The fraction of sp³-hybridized carbons (Fsp3) is 0.350. The van der Waals surface area contributed by atoms with Crippen LogP contribution in [0.2, 0.25) is 0 Å². The lowest BCUT2D eigenvalue weighted by Crippen LogP contribution is -2.06. The zero-order valence-corrected chi connectivity index (χ0v) is 16.1. The van der Waals surface area contributed by atoms with Gasteiger partial charge in [-0.1, -0.05) is 32.0 Å². The molecule has 1 aromatic heterocycles. The van der Waals surface area contributed by atoms with Crippen LogP contribution in [0.15, 0.2) is 47.6 Å². The van der Waals surface area contributed by atoms with E-state index in [1.807, 2.05) is 0 Å². The molecule has 0 unspecified atom stereocenters. The lowest BCUT2D eigenvalue weighted by Gasteiger charge is -2.17. The number of pyridine rings is 1. The second-order valence-corrected chi connectivity index (χ2v) is 9.67. The second kappa shape index (κ2) is 6.48. The number of halogens is 3. The first-order valence-corrected chi connectivity index (χ1v) is 10.3. The molecule has 0 aliphatic heterocycles. The third-order valence-electron chi connectivity index (χ3n) is 4.70. The molecule has 0 saturated heterocycles. The summed E-state index contributed by atoms with van der Waals surface area (Å²) < 4.78 is 61.7. The highest BCUT2D eigenvalue weighted by molar-refractivity contribution is 7.90. The van der Waals surface area contributed by atoms with Crippen LogP contribution in [0.4, 0.5) is 13.2 Å². The molecule has 0 spiro atoms. The molecule has 0 amide bonds. The Morgan fingerprint density at radius 2 is 1.44 bits per heavy atom. The predicted octanol–water partition coefficient (Wildman–Crippen LogP) is 5.23. The third-order valence-corrected chi connectivity index (χ3v) is 5.70. The van der Waals surface area contributed by atoms with Crippen molar-refractivity contribution in [1.82, 2.24) is 4.98 Å². The zero-order valence-electron chi connectivity index (χ0n) is 15.3. The van der Waals surface area contributed by atoms with Crippen LogP contribution in [0, 0.1) is 5.41 Å². The summed E-state index contributed by atoms with van der Waals surface area (Å²) in [4.78, 5) is 4.05. The van der Waals surface area contributed by atoms with Crippen LogP contribution in [-0.4, -0.2) is 19.7 Å². The topological polar surface area (TPSA) is 47.0 Å². The van der Waals surface area contributed by atoms with Gasteiger partial charge in [0.15, 0.2) is 14.9 Å². The molecule has 1 heterocycles. The van der Waals surface area contributed by atoms with E-state index in [0.717, 1.165) is 53.5 Å². The van der Waals surface area contributed by atoms with E-state index in [-0.39, 0.29) is 10.4 Å². The van der Waals surface area contributed by atoms with E-state index in [1.54, 1.807) is 6.07 Å². The molecule has 144 valence electrons. The lowest BCUT2D eigenvalue weighted by molar-refractivity contribution is -0.137. The van der Waals surface area contributed by atoms with Crippen molar-refractivity contribution in [3.8, 4) is 0 Å². The number of rotatable bonds is 3. The van der Waals surface area contributed by atoms with E-state index in [1.165, 1.54) is 24.4 Å². The Kier molecular flexibility index (Phi) is 4.70. The Bertz CT molecular complexity index is 987. The molecule has 2 aromatic rings. The first-order chi connectivity index (χ1) is 12.4. The van der Waals surface area contributed by atoms with Crippen molar-refractivity contribution in [2.75, 3.05) is 6.26 Å². The standard InChI is InChI=1S/C20H20F3NO2S/c1-19(2)10-16(13-4-7-15(8-5-13)20(21,22)23)17(11-19)14-6-9-18(24-12-14)27(3,25)26/h4-9,12H,10-11H2,1-3H3. The number of aromatic nitrogens is 1. The highest BCUT2D eigenvalue weighted by Crippen LogP contribution is 2.49. The molecule has 0 N–H and O–H groups in total. The maximum absolute atomic E-state index is 12.8. The van der Waals surface area contributed by atoms with Crippen molar-refractivity contribution < 1.29 is 21.6 Å². The first kappa shape index (κ1) is 19.6. The largest absolute Gasteiger partial charge is 0.416 e. The monoisotopic (exact) mass is 395 g/mol. The summed E-state index contributed by atoms with van der Waals surface area (Å²) in [5, 5.41) is 0.000173. The van der Waals surface area contributed by atoms with Crippen LogP contribution in [-0.2, 0) is 16.0 Å². The third kappa shape index (κ3) is 4.24. The van der Waals surface area contributed by atoms with Crippen LogP contribution >= 0.6 is 0 Å². The van der Waals surface area contributed by atoms with E-state index >= 15 is 0 Å². The second-order valence-electron chi connectivity index (χ2n) is 7.71. The summed E-state index contributed by atoms with van der Waals surface area (Å²) in [6.07, 6.45) is -0.279. The number of sulfone groups is 1. The fourth-order valence-corrected chi connectivity index (χ4v) is 3.98. The number of hydrogen-bond acceptors (Lipinski definition) is 3. The van der Waals surface area contributed by atoms with Gasteiger partial charge in [0.25, 0.3) is 0 Å². The van der Waals surface area contributed by atoms with Crippen molar-refractivity contribution in [3.63, 3.8) is 0 Å². The molecule has 3 nitrogen and oxygen atoms in total. The van der Waals surface area contributed by atoms with Gasteiger partial charge in [0.05, 0.1) is 5.56 Å². The molecule has 0 bridgehead atoms. The number of alkyl halides is 3. The van der Waals surface area contributed by atoms with Crippen molar-refractivity contribution in [3.05, 3.63) is 59.3 Å². The van der Waals surface area contributed by atoms with Gasteiger partial charge in [-0.05, 0) is 58.7 Å². The minimum Gasteiger partial charge on any atom is -0.244 e. The maximum Gasteiger partial charge on any atom is 0.416 e. The number of nitrogens with zero attached hydrogens (tertiary/aromatic N) is 1. The molecule has 0 radical (unpaired) electrons. The highest BCUT2D eigenvalue weighted by Gasteiger charge is 2.33. The maximum atomic E-state index is 12.8. The number of benzene rings is 1. The normalized spacial score (nSPS) is 17.4. The van der Waals surface area contributed by atoms with Crippen molar-refractivity contribution in [2.24, 2.45) is 5.41 Å². The molecule has 7 heteroatoms. The molecule has 1 aliphatic rings. The summed E-state index contributed by atoms with van der Waals surface area (Å²) in [5.74, 6) is 0. The van der Waals surface area contributed by atoms with Gasteiger partial charge in [-0.3, -0.25) is 0 Å². The summed E-state index contributed by atoms with van der Waals surface area (Å²) in [5.41, 5.74) is 2.79. The van der Waals surface area contributed by atoms with Gasteiger partial charge in [-0.15, -0.1) is 0 Å². The minimum absolute atomic E-state index is 0.000173. The highest BCUT2D eigenvalue weighted by atomic mass is 32.2. The van der Waals surface area contributed by atoms with E-state index in [2.05, 4.69) is 18.8 Å². The first-order valence-electron chi connectivity index (χ1n) is 8.43. The number of hydrogen-bond donors (Lipinski definition) is 0. The van der Waals surface area contributed by atoms with Crippen LogP contribution < -0.4 is 0 Å². The van der Waals surface area contributed by atoms with Gasteiger partial charge >= 0.3 is 6.18 Å². The van der Waals surface area contributed by atoms with Crippen LogP contribution in [0.25, 0.3) is 11.1 Å². The summed E-state index contributed by atoms with van der Waals surface area (Å²) in [6.45, 7) is 4.20. The Hall–Kier alpha value is -2.15. The fourth-order valence-electron chi connectivity index (χ4n) is 3.42. The summed E-state index contributed by atoms with van der Waals surface area (Å²) >= 11 is 0. The molecular formula is C20H20F3NO2S. The van der Waals surface area contributed by atoms with Gasteiger partial charge in [0.1, 0.15) is 0 Å². The SMILES string of the molecule is CC1(C)CC(c2ccc(C(F)(F)F)cc2)=C(c2ccc(S(C)(=O)=O)nc2)C1. The van der Waals surface area contributed by atoms with Crippen LogP contribution in [0.1, 0.15) is 43.4 Å². The van der Waals surface area contributed by atoms with Crippen molar-refractivity contribution in [1.29, 1.82) is 0 Å². The van der Waals surface area contributed by atoms with Gasteiger partial charge in [0, 0.05) is 12.5 Å². The molecule has 0 saturated carbocycles. The average molecular weight is 395 g/mol. The minimum atomic E-state index is -4.36. The van der Waals surface area contributed by atoms with Gasteiger partial charge in [0.2, 0.25) is 0 Å². The van der Waals surface area contributed by atoms with E-state index in [9.17, 15) is 21.6 Å². The average Bonchev–Trinajstić information content (AvgIpc) is 2.89. The van der Waals surface area contributed by atoms with E-state index in [0.29, 0.717) is 0 Å². The van der Waals surface area contributed by atoms with E-state index in [4.69, 9.17) is 0 Å². The smallest absolute Gasteiger partial charge is 0.244 e. The van der Waals surface area contributed by atoms with Gasteiger partial charge < -0.3 is 0 Å². The van der Waals surface area contributed by atoms with E-state index < -0.39 is 21.6 Å². The molecule has 27 heavy (non-hydrogen) atoms. The zero-order chi connectivity index (χ0) is 20.0. The molecule has 1 aromatic carbocycles. The molecule has 1 aliphatic carbocycles. The predicted molar refractivity (Wildman–Crippen MR) is 98.6 cm³/mol. The number of allylic oxidation sites excluding steroid dienone is 2. The van der Waals surface area contributed by atoms with Crippen molar-refractivity contribution >= 4 is 21.0 Å². The molecule has 3 rings (SSSR count). The lowest BCUT2D eigenvalue weighted by atomic mass is 9.87. The Morgan fingerprint density at radius 3 is 1.89 bits per heavy atom. The van der Waals surface area contributed by atoms with Gasteiger partial charge in [-0.25, -0.2) is 13.4 Å². The van der Waals surface area contributed by atoms with Crippen LogP contribution in [0.5, 0.6) is 0 Å². The Labute approximate surface area is 156 Å². The molecule has 0 fully saturated rings. The van der Waals surface area contributed by atoms with Crippen molar-refractivity contribution in [2.45, 2.75) is 37.9 Å². The molecule has 0 atom stereocenters. The summed E-state index contributed by atoms with van der Waals surface area (Å²) in [6, 6.07) is 8.36. The van der Waals surface area contributed by atoms with Gasteiger partial charge in [-0.2, -0.15) is 13.2 Å². The quantitative estimate of drug-likeness (QED) is 0.715. The Balaban J connectivity index is 2.04. The molecular weight excluding hydrogens is 375 g/mol.